The molecule has 0 radical (unpaired) electrons. The molecular weight excluding hydrogens is 317 g/mol. The second-order valence-corrected chi connectivity index (χ2v) is 4.94. The van der Waals surface area contributed by atoms with Gasteiger partial charge in [0.25, 0.3) is 0 Å². The van der Waals surface area contributed by atoms with Crippen LogP contribution in [0.15, 0.2) is 41.3 Å². The first kappa shape index (κ1) is 16.2. The molecule has 0 fully saturated rings. The highest BCUT2D eigenvalue weighted by Crippen LogP contribution is 2.29. The fourth-order valence-corrected chi connectivity index (χ4v) is 2.00. The van der Waals surface area contributed by atoms with Crippen molar-refractivity contribution in [2.45, 2.75) is 19.5 Å². The third-order valence-electron chi connectivity index (χ3n) is 2.88. The lowest BCUT2D eigenvalue weighted by Gasteiger charge is -2.12. The lowest BCUT2D eigenvalue weighted by atomic mass is 10.2. The topological polar surface area (TPSA) is 44.1 Å². The first-order chi connectivity index (χ1) is 10.3. The summed E-state index contributed by atoms with van der Waals surface area (Å²) < 4.78 is 38.0. The molecular formula is C14H11F3N2O2S. The van der Waals surface area contributed by atoms with Crippen molar-refractivity contribution >= 4 is 17.3 Å². The Labute approximate surface area is 129 Å². The Kier molecular flexibility index (Phi) is 4.60. The Morgan fingerprint density at radius 2 is 1.95 bits per heavy atom. The summed E-state index contributed by atoms with van der Waals surface area (Å²) in [5.74, 6) is 0. The molecule has 1 heterocycles. The van der Waals surface area contributed by atoms with Gasteiger partial charge in [0.1, 0.15) is 0 Å². The first-order valence-corrected chi connectivity index (χ1v) is 6.61. The number of aromatic nitrogens is 2. The molecule has 0 bridgehead atoms. The highest BCUT2D eigenvalue weighted by Gasteiger charge is 2.34. The smallest absolute Gasteiger partial charge is 0.347 e. The maximum atomic E-state index is 12.7. The van der Waals surface area contributed by atoms with Crippen LogP contribution in [-0.4, -0.2) is 15.0 Å². The molecule has 1 aromatic heterocycles. The molecule has 8 heteroatoms. The predicted octanol–water partition coefficient (Wildman–Crippen LogP) is 2.57. The third kappa shape index (κ3) is 3.70. The molecule has 1 aromatic carbocycles. The van der Waals surface area contributed by atoms with Crippen LogP contribution in [0.2, 0.25) is 0 Å². The van der Waals surface area contributed by atoms with Crippen LogP contribution in [0.4, 0.5) is 13.2 Å². The molecule has 0 saturated heterocycles. The SMILES string of the molecule is Cc1c(C(F)(F)F)cnn(OC(=S)Cc2ccccc2)c1=O. The van der Waals surface area contributed by atoms with Gasteiger partial charge in [-0.15, -0.1) is 5.10 Å². The van der Waals surface area contributed by atoms with Crippen molar-refractivity contribution in [1.29, 1.82) is 0 Å². The van der Waals surface area contributed by atoms with Gasteiger partial charge < -0.3 is 4.84 Å². The van der Waals surface area contributed by atoms with E-state index in [2.05, 4.69) is 5.10 Å². The number of hydrogen-bond acceptors (Lipinski definition) is 4. The number of hydrogen-bond donors (Lipinski definition) is 0. The molecule has 0 unspecified atom stereocenters. The van der Waals surface area contributed by atoms with Crippen LogP contribution in [-0.2, 0) is 12.6 Å². The Balaban J connectivity index is 2.19. The zero-order valence-electron chi connectivity index (χ0n) is 11.4. The maximum absolute atomic E-state index is 12.7. The Morgan fingerprint density at radius 3 is 2.55 bits per heavy atom. The summed E-state index contributed by atoms with van der Waals surface area (Å²) in [4.78, 5) is 17.4. The van der Waals surface area contributed by atoms with Gasteiger partial charge in [-0.05, 0) is 24.7 Å². The van der Waals surface area contributed by atoms with Gasteiger partial charge >= 0.3 is 11.7 Å². The molecule has 0 N–H and O–H groups in total. The second kappa shape index (κ2) is 6.27. The van der Waals surface area contributed by atoms with Gasteiger partial charge in [0, 0.05) is 12.0 Å². The molecule has 0 atom stereocenters. The van der Waals surface area contributed by atoms with E-state index in [0.29, 0.717) is 11.0 Å². The standard InChI is InChI=1S/C14H11F3N2O2S/c1-9-11(14(15,16)17)8-18-19(13(9)20)21-12(22)7-10-5-3-2-4-6-10/h2-6,8H,7H2,1H3. The fourth-order valence-electron chi connectivity index (χ4n) is 1.76. The predicted molar refractivity (Wildman–Crippen MR) is 77.6 cm³/mol. The monoisotopic (exact) mass is 328 g/mol. The molecule has 0 spiro atoms. The zero-order chi connectivity index (χ0) is 16.3. The minimum Gasteiger partial charge on any atom is -0.347 e. The summed E-state index contributed by atoms with van der Waals surface area (Å²) in [5, 5.41) is 3.39. The molecule has 4 nitrogen and oxygen atoms in total. The molecule has 2 aromatic rings. The van der Waals surface area contributed by atoms with E-state index in [1.54, 1.807) is 0 Å². The largest absolute Gasteiger partial charge is 0.418 e. The van der Waals surface area contributed by atoms with E-state index in [1.165, 1.54) is 0 Å². The van der Waals surface area contributed by atoms with Gasteiger partial charge in [0.05, 0.1) is 11.8 Å². The summed E-state index contributed by atoms with van der Waals surface area (Å²) in [7, 11) is 0. The lowest BCUT2D eigenvalue weighted by Crippen LogP contribution is -2.35. The maximum Gasteiger partial charge on any atom is 0.418 e. The minimum absolute atomic E-state index is 0.0277. The minimum atomic E-state index is -4.64. The van der Waals surface area contributed by atoms with Crippen molar-refractivity contribution in [1.82, 2.24) is 9.94 Å². The number of rotatable bonds is 3. The molecule has 0 aliphatic rings. The third-order valence-corrected chi connectivity index (χ3v) is 3.09. The molecule has 0 aliphatic heterocycles. The summed E-state index contributed by atoms with van der Waals surface area (Å²) in [6.45, 7) is 1.06. The normalized spacial score (nSPS) is 11.3. The van der Waals surface area contributed by atoms with E-state index in [0.717, 1.165) is 12.5 Å². The molecule has 0 saturated carbocycles. The van der Waals surface area contributed by atoms with Gasteiger partial charge in [-0.2, -0.15) is 13.2 Å². The van der Waals surface area contributed by atoms with E-state index in [-0.39, 0.29) is 11.5 Å². The van der Waals surface area contributed by atoms with Gasteiger partial charge in [0.15, 0.2) is 0 Å². The molecule has 2 rings (SSSR count). The highest BCUT2D eigenvalue weighted by atomic mass is 32.1. The van der Waals surface area contributed by atoms with Gasteiger partial charge in [-0.25, -0.2) is 0 Å². The van der Waals surface area contributed by atoms with Crippen LogP contribution < -0.4 is 10.4 Å². The Morgan fingerprint density at radius 1 is 1.32 bits per heavy atom. The van der Waals surface area contributed by atoms with E-state index < -0.39 is 22.9 Å². The molecule has 116 valence electrons. The van der Waals surface area contributed by atoms with Crippen molar-refractivity contribution in [2.24, 2.45) is 0 Å². The highest BCUT2D eigenvalue weighted by molar-refractivity contribution is 7.80. The van der Waals surface area contributed by atoms with Crippen molar-refractivity contribution in [3.8, 4) is 0 Å². The van der Waals surface area contributed by atoms with Crippen LogP contribution in [0.5, 0.6) is 0 Å². The van der Waals surface area contributed by atoms with Crippen molar-refractivity contribution in [2.75, 3.05) is 0 Å². The number of thiocarbonyl (C=S) groups is 1. The summed E-state index contributed by atoms with van der Waals surface area (Å²) >= 11 is 4.98. The van der Waals surface area contributed by atoms with Crippen LogP contribution in [0.3, 0.4) is 0 Å². The summed E-state index contributed by atoms with van der Waals surface area (Å²) in [6.07, 6.45) is -3.86. The van der Waals surface area contributed by atoms with Crippen molar-refractivity contribution in [3.05, 3.63) is 63.6 Å². The van der Waals surface area contributed by atoms with E-state index in [1.807, 2.05) is 30.3 Å². The number of nitrogens with zero attached hydrogens (tertiary/aromatic N) is 2. The van der Waals surface area contributed by atoms with Gasteiger partial charge in [-0.3, -0.25) is 4.79 Å². The fraction of sp³-hybridized carbons (Fsp3) is 0.214. The average Bonchev–Trinajstić information content (AvgIpc) is 2.43. The molecule has 0 amide bonds. The van der Waals surface area contributed by atoms with Crippen molar-refractivity contribution in [3.63, 3.8) is 0 Å². The zero-order valence-corrected chi connectivity index (χ0v) is 12.2. The van der Waals surface area contributed by atoms with Crippen LogP contribution in [0, 0.1) is 6.92 Å². The lowest BCUT2D eigenvalue weighted by molar-refractivity contribution is -0.138. The van der Waals surface area contributed by atoms with Crippen LogP contribution >= 0.6 is 12.2 Å². The van der Waals surface area contributed by atoms with Gasteiger partial charge in [-0.1, -0.05) is 35.2 Å². The van der Waals surface area contributed by atoms with Crippen LogP contribution in [0.25, 0.3) is 0 Å². The summed E-state index contributed by atoms with van der Waals surface area (Å²) in [6, 6.07) is 9.07. The molecule has 22 heavy (non-hydrogen) atoms. The summed E-state index contributed by atoms with van der Waals surface area (Å²) in [5.41, 5.74) is -1.73. The van der Waals surface area contributed by atoms with E-state index in [9.17, 15) is 18.0 Å². The second-order valence-electron chi connectivity index (χ2n) is 4.48. The number of halogens is 3. The van der Waals surface area contributed by atoms with Crippen LogP contribution in [0.1, 0.15) is 16.7 Å². The molecule has 0 aliphatic carbocycles. The van der Waals surface area contributed by atoms with Crippen molar-refractivity contribution < 1.29 is 18.0 Å². The number of alkyl halides is 3. The number of benzene rings is 1. The Bertz CT molecular complexity index is 742. The quantitative estimate of drug-likeness (QED) is 0.813. The Hall–Kier alpha value is -2.22. The van der Waals surface area contributed by atoms with Gasteiger partial charge in [0.2, 0.25) is 5.05 Å². The average molecular weight is 328 g/mol. The first-order valence-electron chi connectivity index (χ1n) is 6.20. The van der Waals surface area contributed by atoms with E-state index >= 15 is 0 Å². The van der Waals surface area contributed by atoms with E-state index in [4.69, 9.17) is 17.1 Å².